The topological polar surface area (TPSA) is 118 Å². The number of rotatable bonds is 5. The van der Waals surface area contributed by atoms with E-state index >= 15 is 0 Å². The summed E-state index contributed by atoms with van der Waals surface area (Å²) in [5, 5.41) is 3.83. The van der Waals surface area contributed by atoms with E-state index in [2.05, 4.69) is 39.5 Å². The number of hydrogen-bond acceptors (Lipinski definition) is 9. The molecule has 4 aromatic heterocycles. The average Bonchev–Trinajstić information content (AvgIpc) is 3.25. The number of pyridine rings is 1. The molecule has 0 aliphatic carbocycles. The van der Waals surface area contributed by atoms with Gasteiger partial charge in [0.15, 0.2) is 26.3 Å². The fourth-order valence-electron chi connectivity index (χ4n) is 4.18. The van der Waals surface area contributed by atoms with Gasteiger partial charge in [0.2, 0.25) is 5.95 Å². The van der Waals surface area contributed by atoms with Gasteiger partial charge in [-0.1, -0.05) is 11.6 Å². The van der Waals surface area contributed by atoms with Gasteiger partial charge in [-0.2, -0.15) is 0 Å². The summed E-state index contributed by atoms with van der Waals surface area (Å²) in [6.45, 7) is 3.44. The first-order chi connectivity index (χ1) is 16.3. The lowest BCUT2D eigenvalue weighted by Crippen LogP contribution is -2.34. The summed E-state index contributed by atoms with van der Waals surface area (Å²) < 4.78 is 25.6. The van der Waals surface area contributed by atoms with E-state index in [1.54, 1.807) is 31.6 Å². The number of piperidine rings is 1. The van der Waals surface area contributed by atoms with Crippen molar-refractivity contribution in [1.29, 1.82) is 0 Å². The summed E-state index contributed by atoms with van der Waals surface area (Å²) >= 11 is 5.90. The van der Waals surface area contributed by atoms with Crippen molar-refractivity contribution in [2.75, 3.05) is 29.6 Å². The van der Waals surface area contributed by atoms with Gasteiger partial charge >= 0.3 is 0 Å². The number of imidazole rings is 1. The highest BCUT2D eigenvalue weighted by atomic mass is 35.5. The lowest BCUT2D eigenvalue weighted by Gasteiger charge is -2.31. The largest absolute Gasteiger partial charge is 0.341 e. The Kier molecular flexibility index (Phi) is 5.82. The van der Waals surface area contributed by atoms with Crippen LogP contribution in [0, 0.1) is 6.92 Å². The van der Waals surface area contributed by atoms with Gasteiger partial charge < -0.3 is 10.2 Å². The third-order valence-electron chi connectivity index (χ3n) is 5.95. The molecule has 1 saturated heterocycles. The first-order valence-corrected chi connectivity index (χ1v) is 13.1. The predicted octanol–water partition coefficient (Wildman–Crippen LogP) is 3.41. The summed E-state index contributed by atoms with van der Waals surface area (Å²) in [5.41, 5.74) is 3.07. The molecule has 4 aromatic rings. The summed E-state index contributed by atoms with van der Waals surface area (Å²) in [4.78, 5) is 24.1. The summed E-state index contributed by atoms with van der Waals surface area (Å²) in [6, 6.07) is 3.18. The summed E-state index contributed by atoms with van der Waals surface area (Å²) in [6.07, 6.45) is 11.8. The highest BCUT2D eigenvalue weighted by Gasteiger charge is 2.25. The van der Waals surface area contributed by atoms with Crippen LogP contribution >= 0.6 is 11.6 Å². The van der Waals surface area contributed by atoms with Gasteiger partial charge in [-0.15, -0.1) is 0 Å². The first kappa shape index (κ1) is 22.5. The molecule has 5 rings (SSSR count). The number of aryl methyl sites for hydroxylation is 1. The molecule has 176 valence electrons. The second kappa shape index (κ2) is 8.80. The van der Waals surface area contributed by atoms with Gasteiger partial charge in [0.1, 0.15) is 0 Å². The number of anilines is 3. The molecule has 0 atom stereocenters. The molecule has 0 aromatic carbocycles. The van der Waals surface area contributed by atoms with E-state index in [1.165, 1.54) is 6.07 Å². The smallest absolute Gasteiger partial charge is 0.225 e. The fourth-order valence-corrected chi connectivity index (χ4v) is 4.89. The maximum absolute atomic E-state index is 11.8. The van der Waals surface area contributed by atoms with Crippen molar-refractivity contribution in [3.05, 3.63) is 59.5 Å². The van der Waals surface area contributed by atoms with Crippen LogP contribution in [0.1, 0.15) is 30.1 Å². The number of sulfone groups is 1. The Labute approximate surface area is 202 Å². The number of nitrogens with zero attached hydrogens (tertiary/aromatic N) is 7. The van der Waals surface area contributed by atoms with E-state index in [0.29, 0.717) is 39.7 Å². The molecule has 0 radical (unpaired) electrons. The van der Waals surface area contributed by atoms with E-state index in [0.717, 1.165) is 37.9 Å². The van der Waals surface area contributed by atoms with Gasteiger partial charge in [0.05, 0.1) is 28.8 Å². The van der Waals surface area contributed by atoms with Crippen LogP contribution in [0.25, 0.3) is 5.65 Å². The zero-order valence-electron chi connectivity index (χ0n) is 18.7. The second-order valence-corrected chi connectivity index (χ2v) is 10.7. The van der Waals surface area contributed by atoms with Crippen molar-refractivity contribution >= 4 is 44.5 Å². The van der Waals surface area contributed by atoms with E-state index in [9.17, 15) is 8.42 Å². The minimum absolute atomic E-state index is 0.0418. The normalized spacial score (nSPS) is 15.1. The SMILES string of the molecule is Cc1nc(S(C)(=O)=O)ccc1Nc1nccn2c(C3CCN(c4ncc(Cl)cn4)CC3)cnc12. The van der Waals surface area contributed by atoms with Crippen molar-refractivity contribution < 1.29 is 8.42 Å². The number of nitrogens with one attached hydrogen (secondary N) is 1. The maximum Gasteiger partial charge on any atom is 0.225 e. The van der Waals surface area contributed by atoms with Crippen LogP contribution in [0.3, 0.4) is 0 Å². The van der Waals surface area contributed by atoms with Crippen LogP contribution in [0.5, 0.6) is 0 Å². The van der Waals surface area contributed by atoms with Crippen molar-refractivity contribution in [3.8, 4) is 0 Å². The van der Waals surface area contributed by atoms with E-state index in [4.69, 9.17) is 11.6 Å². The maximum atomic E-state index is 11.8. The highest BCUT2D eigenvalue weighted by Crippen LogP contribution is 2.31. The zero-order chi connectivity index (χ0) is 23.9. The molecule has 0 saturated carbocycles. The number of fused-ring (bicyclic) bond motifs is 1. The molecule has 0 bridgehead atoms. The molecular formula is C22H23ClN8O2S. The Hall–Kier alpha value is -3.31. The minimum Gasteiger partial charge on any atom is -0.341 e. The summed E-state index contributed by atoms with van der Waals surface area (Å²) in [5.74, 6) is 1.62. The number of aromatic nitrogens is 6. The van der Waals surface area contributed by atoms with Crippen LogP contribution in [0.15, 0.2) is 48.1 Å². The third-order valence-corrected chi connectivity index (χ3v) is 7.13. The Morgan fingerprint density at radius 1 is 1.06 bits per heavy atom. The van der Waals surface area contributed by atoms with Crippen molar-refractivity contribution in [2.45, 2.75) is 30.7 Å². The zero-order valence-corrected chi connectivity index (χ0v) is 20.3. The van der Waals surface area contributed by atoms with E-state index in [1.807, 2.05) is 12.4 Å². The predicted molar refractivity (Wildman–Crippen MR) is 130 cm³/mol. The second-order valence-electron chi connectivity index (χ2n) is 8.29. The molecule has 34 heavy (non-hydrogen) atoms. The van der Waals surface area contributed by atoms with Gasteiger partial charge in [-0.25, -0.2) is 33.3 Å². The Morgan fingerprint density at radius 3 is 2.47 bits per heavy atom. The van der Waals surface area contributed by atoms with Crippen LogP contribution in [-0.2, 0) is 9.84 Å². The van der Waals surface area contributed by atoms with Gasteiger partial charge in [-0.3, -0.25) is 4.40 Å². The Balaban J connectivity index is 1.36. The number of halogens is 1. The fraction of sp³-hybridized carbons (Fsp3) is 0.318. The molecule has 1 aliphatic heterocycles. The van der Waals surface area contributed by atoms with Crippen LogP contribution < -0.4 is 10.2 Å². The molecular weight excluding hydrogens is 476 g/mol. The molecule has 0 amide bonds. The quantitative estimate of drug-likeness (QED) is 0.441. The average molecular weight is 499 g/mol. The minimum atomic E-state index is -3.37. The van der Waals surface area contributed by atoms with Crippen molar-refractivity contribution in [1.82, 2.24) is 29.3 Å². The third kappa shape index (κ3) is 4.40. The van der Waals surface area contributed by atoms with Crippen LogP contribution in [0.2, 0.25) is 5.02 Å². The Bertz CT molecular complexity index is 1450. The molecule has 1 N–H and O–H groups in total. The monoisotopic (exact) mass is 498 g/mol. The van der Waals surface area contributed by atoms with E-state index < -0.39 is 9.84 Å². The first-order valence-electron chi connectivity index (χ1n) is 10.8. The Morgan fingerprint density at radius 2 is 1.79 bits per heavy atom. The molecule has 10 nitrogen and oxygen atoms in total. The van der Waals surface area contributed by atoms with E-state index in [-0.39, 0.29) is 5.03 Å². The van der Waals surface area contributed by atoms with Crippen molar-refractivity contribution in [3.63, 3.8) is 0 Å². The molecule has 1 fully saturated rings. The van der Waals surface area contributed by atoms with Crippen LogP contribution in [-0.4, -0.2) is 57.1 Å². The molecule has 0 spiro atoms. The molecule has 0 unspecified atom stereocenters. The molecule has 12 heteroatoms. The lowest BCUT2D eigenvalue weighted by molar-refractivity contribution is 0.488. The molecule has 5 heterocycles. The summed E-state index contributed by atoms with van der Waals surface area (Å²) in [7, 11) is -3.37. The van der Waals surface area contributed by atoms with Gasteiger partial charge in [0.25, 0.3) is 0 Å². The van der Waals surface area contributed by atoms with Crippen molar-refractivity contribution in [2.24, 2.45) is 0 Å². The van der Waals surface area contributed by atoms with Crippen LogP contribution in [0.4, 0.5) is 17.5 Å². The highest BCUT2D eigenvalue weighted by molar-refractivity contribution is 7.90. The number of hydrogen-bond donors (Lipinski definition) is 1. The standard InChI is InChI=1S/C22H23ClN8O2S/c1-14-17(3-4-19(28-14)34(2,32)33)29-20-21-25-13-18(31(21)10-7-24-20)15-5-8-30(9-6-15)22-26-11-16(23)12-27-22/h3-4,7,10-13,15H,5-6,8-9H2,1-2H3,(H,24,29). The molecule has 1 aliphatic rings. The van der Waals surface area contributed by atoms with Gasteiger partial charge in [0, 0.05) is 49.5 Å². The van der Waals surface area contributed by atoms with Gasteiger partial charge in [-0.05, 0) is 31.9 Å². The lowest BCUT2D eigenvalue weighted by atomic mass is 9.94.